The Morgan fingerprint density at radius 3 is 2.50 bits per heavy atom. The minimum atomic E-state index is 0.815. The minimum absolute atomic E-state index is 0.815. The molecular weight excluding hydrogens is 352 g/mol. The predicted octanol–water partition coefficient (Wildman–Crippen LogP) is 2.48. The molecule has 1 aromatic carbocycles. The minimum Gasteiger partial charge on any atom is -0.495 e. The number of piperazine rings is 1. The second kappa shape index (κ2) is 9.59. The summed E-state index contributed by atoms with van der Waals surface area (Å²) in [6, 6.07) is 10.2. The molecule has 0 bridgehead atoms. The van der Waals surface area contributed by atoms with Gasteiger partial charge < -0.3 is 24.8 Å². The number of methoxy groups -OCH3 is 1. The zero-order chi connectivity index (χ0) is 19.9. The van der Waals surface area contributed by atoms with Gasteiger partial charge in [0.15, 0.2) is 0 Å². The summed E-state index contributed by atoms with van der Waals surface area (Å²) in [5, 5.41) is 3.44. The van der Waals surface area contributed by atoms with Gasteiger partial charge in [-0.15, -0.1) is 0 Å². The number of ether oxygens (including phenoxy) is 1. The molecule has 7 heteroatoms. The molecule has 2 heterocycles. The van der Waals surface area contributed by atoms with Crippen LogP contribution in [-0.4, -0.2) is 75.3 Å². The van der Waals surface area contributed by atoms with Crippen LogP contribution in [0.4, 0.5) is 17.5 Å². The Balaban J connectivity index is 1.60. The SMILES string of the molecule is COc1ccccc1N1CCN(c2nc(C)cc(NCCCN(C)C)n2)CC1. The number of para-hydroxylation sites is 2. The van der Waals surface area contributed by atoms with Crippen LogP contribution in [0.3, 0.4) is 0 Å². The molecule has 0 atom stereocenters. The van der Waals surface area contributed by atoms with Crippen LogP contribution in [0.5, 0.6) is 5.75 Å². The van der Waals surface area contributed by atoms with Gasteiger partial charge >= 0.3 is 0 Å². The smallest absolute Gasteiger partial charge is 0.227 e. The van der Waals surface area contributed by atoms with E-state index in [1.807, 2.05) is 25.1 Å². The molecule has 7 nitrogen and oxygen atoms in total. The average Bonchev–Trinajstić information content (AvgIpc) is 2.71. The highest BCUT2D eigenvalue weighted by Gasteiger charge is 2.21. The maximum Gasteiger partial charge on any atom is 0.227 e. The summed E-state index contributed by atoms with van der Waals surface area (Å²) in [4.78, 5) is 16.2. The molecule has 0 saturated carbocycles. The van der Waals surface area contributed by atoms with Gasteiger partial charge in [0.1, 0.15) is 11.6 Å². The highest BCUT2D eigenvalue weighted by atomic mass is 16.5. The van der Waals surface area contributed by atoms with Crippen LogP contribution in [0.1, 0.15) is 12.1 Å². The van der Waals surface area contributed by atoms with Crippen molar-refractivity contribution in [2.75, 3.05) is 75.6 Å². The van der Waals surface area contributed by atoms with Crippen molar-refractivity contribution in [2.45, 2.75) is 13.3 Å². The van der Waals surface area contributed by atoms with E-state index in [4.69, 9.17) is 9.72 Å². The molecule has 1 aliphatic rings. The monoisotopic (exact) mass is 384 g/mol. The maximum atomic E-state index is 5.51. The molecule has 1 aromatic heterocycles. The number of benzene rings is 1. The Morgan fingerprint density at radius 2 is 1.79 bits per heavy atom. The molecule has 0 radical (unpaired) electrons. The maximum absolute atomic E-state index is 5.51. The molecule has 1 saturated heterocycles. The second-order valence-electron chi connectivity index (χ2n) is 7.42. The van der Waals surface area contributed by atoms with E-state index in [2.05, 4.69) is 51.2 Å². The van der Waals surface area contributed by atoms with Gasteiger partial charge in [0, 0.05) is 44.5 Å². The number of hydrogen-bond acceptors (Lipinski definition) is 7. The summed E-state index contributed by atoms with van der Waals surface area (Å²) in [6.07, 6.45) is 1.09. The largest absolute Gasteiger partial charge is 0.495 e. The van der Waals surface area contributed by atoms with Crippen LogP contribution >= 0.6 is 0 Å². The van der Waals surface area contributed by atoms with Gasteiger partial charge in [0.2, 0.25) is 5.95 Å². The van der Waals surface area contributed by atoms with Crippen LogP contribution in [0.25, 0.3) is 0 Å². The van der Waals surface area contributed by atoms with Crippen molar-refractivity contribution in [1.29, 1.82) is 0 Å². The number of anilines is 3. The number of aryl methyl sites for hydroxylation is 1. The van der Waals surface area contributed by atoms with E-state index in [1.165, 1.54) is 0 Å². The molecule has 28 heavy (non-hydrogen) atoms. The van der Waals surface area contributed by atoms with Gasteiger partial charge in [-0.3, -0.25) is 0 Å². The van der Waals surface area contributed by atoms with Crippen molar-refractivity contribution in [3.05, 3.63) is 36.0 Å². The highest BCUT2D eigenvalue weighted by molar-refractivity contribution is 5.59. The number of aromatic nitrogens is 2. The van der Waals surface area contributed by atoms with Crippen LogP contribution in [0, 0.1) is 6.92 Å². The molecule has 1 aliphatic heterocycles. The predicted molar refractivity (Wildman–Crippen MR) is 116 cm³/mol. The molecule has 1 N–H and O–H groups in total. The van der Waals surface area contributed by atoms with Gasteiger partial charge in [-0.2, -0.15) is 4.98 Å². The lowest BCUT2D eigenvalue weighted by atomic mass is 10.2. The molecule has 1 fully saturated rings. The van der Waals surface area contributed by atoms with Crippen molar-refractivity contribution in [1.82, 2.24) is 14.9 Å². The quantitative estimate of drug-likeness (QED) is 0.702. The Morgan fingerprint density at radius 1 is 1.07 bits per heavy atom. The van der Waals surface area contributed by atoms with E-state index in [-0.39, 0.29) is 0 Å². The number of hydrogen-bond donors (Lipinski definition) is 1. The Kier molecular flexibility index (Phi) is 6.92. The standard InChI is InChI=1S/C21H32N6O/c1-17-16-20(22-10-7-11-25(2)3)24-21(23-17)27-14-12-26(13-15-27)18-8-5-6-9-19(18)28-4/h5-6,8-9,16H,7,10-15H2,1-4H3,(H,22,23,24). The van der Waals surface area contributed by atoms with Gasteiger partial charge in [-0.05, 0) is 46.1 Å². The molecule has 0 aliphatic carbocycles. The van der Waals surface area contributed by atoms with Crippen LogP contribution < -0.4 is 19.9 Å². The molecule has 2 aromatic rings. The van der Waals surface area contributed by atoms with Crippen LogP contribution in [0.15, 0.2) is 30.3 Å². The third kappa shape index (κ3) is 5.25. The highest BCUT2D eigenvalue weighted by Crippen LogP contribution is 2.29. The normalized spacial score (nSPS) is 14.5. The first kappa shape index (κ1) is 20.2. The van der Waals surface area contributed by atoms with E-state index in [0.29, 0.717) is 0 Å². The lowest BCUT2D eigenvalue weighted by molar-refractivity contribution is 0.405. The van der Waals surface area contributed by atoms with Gasteiger partial charge in [0.25, 0.3) is 0 Å². The number of rotatable bonds is 8. The fourth-order valence-electron chi connectivity index (χ4n) is 3.43. The van der Waals surface area contributed by atoms with Crippen molar-refractivity contribution >= 4 is 17.5 Å². The first-order valence-electron chi connectivity index (χ1n) is 9.94. The average molecular weight is 385 g/mol. The summed E-state index contributed by atoms with van der Waals surface area (Å²) in [6.45, 7) is 7.63. The fourth-order valence-corrected chi connectivity index (χ4v) is 3.43. The zero-order valence-corrected chi connectivity index (χ0v) is 17.5. The molecule has 3 rings (SSSR count). The van der Waals surface area contributed by atoms with E-state index in [9.17, 15) is 0 Å². The Hall–Kier alpha value is -2.54. The third-order valence-electron chi connectivity index (χ3n) is 4.92. The molecule has 152 valence electrons. The van der Waals surface area contributed by atoms with Crippen molar-refractivity contribution in [3.8, 4) is 5.75 Å². The fraction of sp³-hybridized carbons (Fsp3) is 0.524. The van der Waals surface area contributed by atoms with E-state index >= 15 is 0 Å². The summed E-state index contributed by atoms with van der Waals surface area (Å²) in [5.41, 5.74) is 2.14. The van der Waals surface area contributed by atoms with Gasteiger partial charge in [-0.25, -0.2) is 4.98 Å². The number of nitrogens with one attached hydrogen (secondary N) is 1. The van der Waals surface area contributed by atoms with E-state index in [1.54, 1.807) is 7.11 Å². The lowest BCUT2D eigenvalue weighted by Crippen LogP contribution is -2.47. The third-order valence-corrected chi connectivity index (χ3v) is 4.92. The summed E-state index contributed by atoms with van der Waals surface area (Å²) in [5.74, 6) is 2.65. The first-order chi connectivity index (χ1) is 13.6. The van der Waals surface area contributed by atoms with Gasteiger partial charge in [-0.1, -0.05) is 12.1 Å². The topological polar surface area (TPSA) is 56.8 Å². The van der Waals surface area contributed by atoms with E-state index in [0.717, 1.165) is 74.6 Å². The van der Waals surface area contributed by atoms with Gasteiger partial charge in [0.05, 0.1) is 12.8 Å². The van der Waals surface area contributed by atoms with E-state index < -0.39 is 0 Å². The van der Waals surface area contributed by atoms with Crippen molar-refractivity contribution in [2.24, 2.45) is 0 Å². The summed E-state index contributed by atoms with van der Waals surface area (Å²) < 4.78 is 5.51. The molecule has 0 amide bonds. The second-order valence-corrected chi connectivity index (χ2v) is 7.42. The number of nitrogens with zero attached hydrogens (tertiary/aromatic N) is 5. The molecule has 0 spiro atoms. The summed E-state index contributed by atoms with van der Waals surface area (Å²) >= 11 is 0. The van der Waals surface area contributed by atoms with Crippen molar-refractivity contribution in [3.63, 3.8) is 0 Å². The first-order valence-corrected chi connectivity index (χ1v) is 9.94. The zero-order valence-electron chi connectivity index (χ0n) is 17.5. The Labute approximate surface area is 168 Å². The van der Waals surface area contributed by atoms with Crippen LogP contribution in [0.2, 0.25) is 0 Å². The van der Waals surface area contributed by atoms with Crippen molar-refractivity contribution < 1.29 is 4.74 Å². The summed E-state index contributed by atoms with van der Waals surface area (Å²) in [7, 11) is 5.91. The molecular formula is C21H32N6O. The lowest BCUT2D eigenvalue weighted by Gasteiger charge is -2.36. The Bertz CT molecular complexity index is 758. The molecule has 0 unspecified atom stereocenters. The van der Waals surface area contributed by atoms with Crippen LogP contribution in [-0.2, 0) is 0 Å².